The van der Waals surface area contributed by atoms with Crippen molar-refractivity contribution in [1.82, 2.24) is 0 Å². The standard InChI is InChI=1S/C2H3F3S/c3-2(4,5)1-6/h6H,1H2/p-1. The summed E-state index contributed by atoms with van der Waals surface area (Å²) in [5.41, 5.74) is 0. The van der Waals surface area contributed by atoms with Crippen LogP contribution in [0.3, 0.4) is 0 Å². The number of rotatable bonds is 0. The Hall–Kier alpha value is 0.140. The quantitative estimate of drug-likeness (QED) is 0.426. The van der Waals surface area contributed by atoms with Crippen LogP contribution in [0.4, 0.5) is 13.2 Å². The lowest BCUT2D eigenvalue weighted by Gasteiger charge is -2.06. The minimum absolute atomic E-state index is 1.15. The predicted octanol–water partition coefficient (Wildman–Crippen LogP) is 1.10. The zero-order valence-corrected chi connectivity index (χ0v) is 3.57. The highest BCUT2D eigenvalue weighted by Crippen LogP contribution is 2.11. The minimum Gasteiger partial charge on any atom is -0.784 e. The van der Waals surface area contributed by atoms with Crippen LogP contribution in [-0.4, -0.2) is 11.9 Å². The molecule has 0 radical (unpaired) electrons. The average molecular weight is 115 g/mol. The van der Waals surface area contributed by atoms with Crippen LogP contribution in [0.2, 0.25) is 0 Å². The Balaban J connectivity index is 3.17. The molecule has 0 spiro atoms. The Bertz CT molecular complexity index is 38.5. The largest absolute Gasteiger partial charge is 0.784 e. The predicted molar refractivity (Wildman–Crippen MR) is 18.3 cm³/mol. The Morgan fingerprint density at radius 3 is 1.50 bits per heavy atom. The molecular weight excluding hydrogens is 113 g/mol. The molecule has 0 amide bonds. The number of hydrogen-bond donors (Lipinski definition) is 0. The van der Waals surface area contributed by atoms with Crippen molar-refractivity contribution in [3.63, 3.8) is 0 Å². The third kappa shape index (κ3) is 4.14. The van der Waals surface area contributed by atoms with Gasteiger partial charge in [0, 0.05) is 0 Å². The average Bonchev–Trinajstić information content (AvgIpc) is 1.35. The fraction of sp³-hybridized carbons (Fsp3) is 1.00. The van der Waals surface area contributed by atoms with Crippen molar-refractivity contribution in [3.05, 3.63) is 0 Å². The summed E-state index contributed by atoms with van der Waals surface area (Å²) in [5.74, 6) is -1.15. The molecule has 0 aromatic heterocycles. The highest BCUT2D eigenvalue weighted by atomic mass is 32.1. The second kappa shape index (κ2) is 1.73. The molecule has 0 aromatic carbocycles. The van der Waals surface area contributed by atoms with E-state index in [-0.39, 0.29) is 0 Å². The van der Waals surface area contributed by atoms with Crippen molar-refractivity contribution >= 4 is 12.6 Å². The SMILES string of the molecule is FC(F)(F)C[S-]. The van der Waals surface area contributed by atoms with Gasteiger partial charge >= 0.3 is 6.18 Å². The molecule has 0 aromatic rings. The van der Waals surface area contributed by atoms with Crippen LogP contribution < -0.4 is 0 Å². The lowest BCUT2D eigenvalue weighted by molar-refractivity contribution is -0.105. The van der Waals surface area contributed by atoms with E-state index in [4.69, 9.17) is 0 Å². The van der Waals surface area contributed by atoms with E-state index in [1.807, 2.05) is 0 Å². The summed E-state index contributed by atoms with van der Waals surface area (Å²) in [6, 6.07) is 0. The van der Waals surface area contributed by atoms with Crippen molar-refractivity contribution in [1.29, 1.82) is 0 Å². The molecule has 6 heavy (non-hydrogen) atoms. The number of alkyl halides is 3. The summed E-state index contributed by atoms with van der Waals surface area (Å²) in [6.45, 7) is 0. The smallest absolute Gasteiger partial charge is 0.368 e. The third-order valence-corrected chi connectivity index (χ3v) is 0.491. The van der Waals surface area contributed by atoms with Crippen molar-refractivity contribution in [3.8, 4) is 0 Å². The van der Waals surface area contributed by atoms with Crippen LogP contribution >= 0.6 is 0 Å². The highest BCUT2D eigenvalue weighted by Gasteiger charge is 2.17. The first kappa shape index (κ1) is 6.14. The van der Waals surface area contributed by atoms with Crippen LogP contribution in [0.25, 0.3) is 0 Å². The first-order valence-corrected chi connectivity index (χ1v) is 1.79. The molecule has 0 aliphatic heterocycles. The molecule has 0 aliphatic rings. The van der Waals surface area contributed by atoms with Gasteiger partial charge in [-0.05, 0) is 0 Å². The molecule has 0 heterocycles. The van der Waals surface area contributed by atoms with Crippen molar-refractivity contribution in [2.24, 2.45) is 0 Å². The Morgan fingerprint density at radius 2 is 1.50 bits per heavy atom. The second-order valence-electron chi connectivity index (χ2n) is 0.760. The van der Waals surface area contributed by atoms with Crippen molar-refractivity contribution in [2.45, 2.75) is 6.18 Å². The third-order valence-electron chi connectivity index (χ3n) is 0.164. The summed E-state index contributed by atoms with van der Waals surface area (Å²) in [4.78, 5) is 0. The maximum Gasteiger partial charge on any atom is 0.368 e. The summed E-state index contributed by atoms with van der Waals surface area (Å²) in [7, 11) is 0. The lowest BCUT2D eigenvalue weighted by Crippen LogP contribution is -2.10. The van der Waals surface area contributed by atoms with Gasteiger partial charge in [0.25, 0.3) is 0 Å². The van der Waals surface area contributed by atoms with Crippen LogP contribution in [0.5, 0.6) is 0 Å². The maximum atomic E-state index is 10.7. The van der Waals surface area contributed by atoms with Gasteiger partial charge in [-0.25, -0.2) is 0 Å². The zero-order chi connectivity index (χ0) is 5.21. The van der Waals surface area contributed by atoms with E-state index < -0.39 is 11.9 Å². The first-order valence-electron chi connectivity index (χ1n) is 1.21. The highest BCUT2D eigenvalue weighted by molar-refractivity contribution is 7.58. The Kier molecular flexibility index (Phi) is 1.77. The molecule has 0 unspecified atom stereocenters. The fourth-order valence-electron chi connectivity index (χ4n) is 0. The van der Waals surface area contributed by atoms with Crippen LogP contribution in [0.15, 0.2) is 0 Å². The van der Waals surface area contributed by atoms with E-state index in [9.17, 15) is 13.2 Å². The molecule has 0 fully saturated rings. The van der Waals surface area contributed by atoms with E-state index in [1.54, 1.807) is 0 Å². The van der Waals surface area contributed by atoms with Gasteiger partial charge < -0.3 is 12.6 Å². The fourth-order valence-corrected chi connectivity index (χ4v) is 0. The molecule has 0 saturated carbocycles. The molecular formula is C2H2F3S-. The van der Waals surface area contributed by atoms with Crippen molar-refractivity contribution in [2.75, 3.05) is 5.75 Å². The number of halogens is 3. The van der Waals surface area contributed by atoms with E-state index in [0.717, 1.165) is 0 Å². The Labute approximate surface area is 38.8 Å². The zero-order valence-electron chi connectivity index (χ0n) is 2.75. The molecule has 0 atom stereocenters. The monoisotopic (exact) mass is 115 g/mol. The summed E-state index contributed by atoms with van der Waals surface area (Å²) < 4.78 is 32.0. The molecule has 0 N–H and O–H groups in total. The van der Waals surface area contributed by atoms with Gasteiger partial charge in [-0.1, -0.05) is 5.75 Å². The van der Waals surface area contributed by atoms with Gasteiger partial charge in [-0.2, -0.15) is 13.2 Å². The van der Waals surface area contributed by atoms with Gasteiger partial charge in [0.05, 0.1) is 0 Å². The topological polar surface area (TPSA) is 0 Å². The second-order valence-corrected chi connectivity index (χ2v) is 1.05. The van der Waals surface area contributed by atoms with Crippen LogP contribution in [-0.2, 0) is 12.6 Å². The first-order chi connectivity index (χ1) is 2.56. The normalized spacial score (nSPS) is 12.0. The van der Waals surface area contributed by atoms with Crippen molar-refractivity contribution < 1.29 is 13.2 Å². The maximum absolute atomic E-state index is 10.7. The van der Waals surface area contributed by atoms with E-state index in [1.165, 1.54) is 0 Å². The molecule has 0 aliphatic carbocycles. The van der Waals surface area contributed by atoms with Gasteiger partial charge in [0.1, 0.15) is 0 Å². The van der Waals surface area contributed by atoms with Gasteiger partial charge in [-0.15, -0.1) is 0 Å². The molecule has 0 rings (SSSR count). The van der Waals surface area contributed by atoms with Crippen LogP contribution in [0.1, 0.15) is 0 Å². The summed E-state index contributed by atoms with van der Waals surface area (Å²) >= 11 is 3.66. The van der Waals surface area contributed by atoms with E-state index >= 15 is 0 Å². The number of hydrogen-bond acceptors (Lipinski definition) is 1. The van der Waals surface area contributed by atoms with Crippen LogP contribution in [0, 0.1) is 0 Å². The molecule has 38 valence electrons. The van der Waals surface area contributed by atoms with E-state index in [0.29, 0.717) is 0 Å². The van der Waals surface area contributed by atoms with E-state index in [2.05, 4.69) is 12.6 Å². The molecule has 4 heteroatoms. The molecule has 0 nitrogen and oxygen atoms in total. The van der Waals surface area contributed by atoms with Gasteiger partial charge in [-0.3, -0.25) is 0 Å². The van der Waals surface area contributed by atoms with Gasteiger partial charge in [0.2, 0.25) is 0 Å². The molecule has 0 bridgehead atoms. The minimum atomic E-state index is -4.14. The Morgan fingerprint density at radius 1 is 1.33 bits per heavy atom. The summed E-state index contributed by atoms with van der Waals surface area (Å²) in [6.07, 6.45) is -4.14. The van der Waals surface area contributed by atoms with Gasteiger partial charge in [0.15, 0.2) is 0 Å². The summed E-state index contributed by atoms with van der Waals surface area (Å²) in [5, 5.41) is 0. The lowest BCUT2D eigenvalue weighted by atomic mass is 10.8. The molecule has 0 saturated heterocycles.